The Morgan fingerprint density at radius 1 is 1.24 bits per heavy atom. The molecule has 1 rings (SSSR count). The minimum Gasteiger partial charge on any atom is -0.382 e. The van der Waals surface area contributed by atoms with Crippen LogP contribution >= 0.6 is 0 Å². The van der Waals surface area contributed by atoms with Crippen molar-refractivity contribution in [3.05, 3.63) is 23.8 Å². The van der Waals surface area contributed by atoms with E-state index in [1.54, 1.807) is 26.0 Å². The number of nitrogens with zero attached hydrogens (tertiary/aromatic N) is 1. The summed E-state index contributed by atoms with van der Waals surface area (Å²) in [7, 11) is -3.75. The summed E-state index contributed by atoms with van der Waals surface area (Å²) in [6.07, 6.45) is 0. The lowest BCUT2D eigenvalue weighted by atomic mass is 9.96. The molecule has 0 atom stereocenters. The van der Waals surface area contributed by atoms with Gasteiger partial charge in [0, 0.05) is 24.5 Å². The van der Waals surface area contributed by atoms with Gasteiger partial charge in [0.15, 0.2) is 0 Å². The van der Waals surface area contributed by atoms with E-state index in [0.29, 0.717) is 18.8 Å². The zero-order valence-electron chi connectivity index (χ0n) is 15.3. The molecule has 0 unspecified atom stereocenters. The lowest BCUT2D eigenvalue weighted by Gasteiger charge is -2.18. The molecule has 0 saturated carbocycles. The molecule has 0 bridgehead atoms. The Hall–Kier alpha value is -2.11. The molecule has 0 aliphatic rings. The van der Waals surface area contributed by atoms with Gasteiger partial charge in [-0.1, -0.05) is 20.8 Å². The van der Waals surface area contributed by atoms with Crippen molar-refractivity contribution in [2.24, 2.45) is 5.41 Å². The predicted molar refractivity (Wildman–Crippen MR) is 97.6 cm³/mol. The number of hydrogen-bond donors (Lipinski definition) is 3. The van der Waals surface area contributed by atoms with Crippen molar-refractivity contribution in [1.29, 1.82) is 5.26 Å². The second-order valence-corrected chi connectivity index (χ2v) is 8.71. The summed E-state index contributed by atoms with van der Waals surface area (Å²) >= 11 is 0. The molecular weight excluding hydrogens is 340 g/mol. The van der Waals surface area contributed by atoms with Gasteiger partial charge in [-0.25, -0.2) is 13.1 Å². The van der Waals surface area contributed by atoms with Gasteiger partial charge in [0.2, 0.25) is 15.9 Å². The second kappa shape index (κ2) is 8.32. The van der Waals surface area contributed by atoms with E-state index in [-0.39, 0.29) is 22.4 Å². The van der Waals surface area contributed by atoms with Gasteiger partial charge in [-0.15, -0.1) is 0 Å². The zero-order valence-corrected chi connectivity index (χ0v) is 16.1. The minimum atomic E-state index is -3.75. The maximum atomic E-state index is 12.5. The van der Waals surface area contributed by atoms with E-state index in [4.69, 9.17) is 5.26 Å². The summed E-state index contributed by atoms with van der Waals surface area (Å²) in [5.41, 5.74) is 0.164. The van der Waals surface area contributed by atoms with Gasteiger partial charge in [-0.3, -0.25) is 4.79 Å². The van der Waals surface area contributed by atoms with E-state index >= 15 is 0 Å². The number of benzene rings is 1. The smallest absolute Gasteiger partial charge is 0.242 e. The van der Waals surface area contributed by atoms with Gasteiger partial charge in [0.25, 0.3) is 0 Å². The summed E-state index contributed by atoms with van der Waals surface area (Å²) in [6, 6.07) is 6.11. The number of nitrogens with one attached hydrogen (secondary N) is 3. The van der Waals surface area contributed by atoms with Crippen LogP contribution in [-0.4, -0.2) is 33.5 Å². The van der Waals surface area contributed by atoms with Gasteiger partial charge in [0.05, 0.1) is 17.3 Å². The first-order valence-electron chi connectivity index (χ1n) is 8.06. The van der Waals surface area contributed by atoms with Crippen molar-refractivity contribution >= 4 is 21.6 Å². The Bertz CT molecular complexity index is 759. The van der Waals surface area contributed by atoms with Crippen LogP contribution in [0.15, 0.2) is 23.1 Å². The molecule has 25 heavy (non-hydrogen) atoms. The largest absolute Gasteiger partial charge is 0.382 e. The molecule has 3 N–H and O–H groups in total. The van der Waals surface area contributed by atoms with Crippen LogP contribution in [0.1, 0.15) is 40.2 Å². The molecular formula is C17H26N4O3S. The van der Waals surface area contributed by atoms with E-state index in [1.807, 2.05) is 26.8 Å². The third kappa shape index (κ3) is 6.36. The first kappa shape index (κ1) is 20.9. The van der Waals surface area contributed by atoms with E-state index < -0.39 is 15.4 Å². The molecule has 0 radical (unpaired) electrons. The van der Waals surface area contributed by atoms with Gasteiger partial charge >= 0.3 is 0 Å². The molecule has 0 spiro atoms. The third-order valence-corrected chi connectivity index (χ3v) is 4.90. The van der Waals surface area contributed by atoms with Gasteiger partial charge in [-0.05, 0) is 32.0 Å². The summed E-state index contributed by atoms with van der Waals surface area (Å²) in [6.45, 7) is 9.61. The Morgan fingerprint density at radius 3 is 2.40 bits per heavy atom. The van der Waals surface area contributed by atoms with Gasteiger partial charge < -0.3 is 10.6 Å². The predicted octanol–water partition coefficient (Wildman–Crippen LogP) is 1.82. The highest BCUT2D eigenvalue weighted by atomic mass is 32.2. The SMILES string of the molecule is CC(C)NS(=O)(=O)c1cc(C#N)ccc1NCCNC(=O)C(C)(C)C. The number of nitriles is 1. The van der Waals surface area contributed by atoms with E-state index in [2.05, 4.69) is 15.4 Å². The number of carbonyl (C=O) groups excluding carboxylic acids is 1. The Kier molecular flexibility index (Phi) is 6.96. The third-order valence-electron chi connectivity index (χ3n) is 3.20. The normalized spacial score (nSPS) is 11.9. The van der Waals surface area contributed by atoms with Crippen LogP contribution in [0.4, 0.5) is 5.69 Å². The lowest BCUT2D eigenvalue weighted by molar-refractivity contribution is -0.128. The second-order valence-electron chi connectivity index (χ2n) is 7.03. The summed E-state index contributed by atoms with van der Waals surface area (Å²) in [5, 5.41) is 14.8. The highest BCUT2D eigenvalue weighted by Gasteiger charge is 2.22. The van der Waals surface area contributed by atoms with Crippen molar-refractivity contribution in [2.45, 2.75) is 45.6 Å². The number of carbonyl (C=O) groups is 1. The molecule has 0 aliphatic heterocycles. The van der Waals surface area contributed by atoms with Crippen molar-refractivity contribution < 1.29 is 13.2 Å². The van der Waals surface area contributed by atoms with Crippen molar-refractivity contribution in [3.63, 3.8) is 0 Å². The quantitative estimate of drug-likeness (QED) is 0.638. The summed E-state index contributed by atoms with van der Waals surface area (Å²) in [4.78, 5) is 11.8. The van der Waals surface area contributed by atoms with Crippen LogP contribution in [0, 0.1) is 16.7 Å². The van der Waals surface area contributed by atoms with Crippen molar-refractivity contribution in [3.8, 4) is 6.07 Å². The number of hydrogen-bond acceptors (Lipinski definition) is 5. The van der Waals surface area contributed by atoms with Crippen molar-refractivity contribution in [1.82, 2.24) is 10.0 Å². The van der Waals surface area contributed by atoms with Crippen LogP contribution in [-0.2, 0) is 14.8 Å². The average molecular weight is 366 g/mol. The molecule has 0 aliphatic carbocycles. The van der Waals surface area contributed by atoms with E-state index in [1.165, 1.54) is 6.07 Å². The molecule has 0 saturated heterocycles. The Labute approximate surface area is 149 Å². The fraction of sp³-hybridized carbons (Fsp3) is 0.529. The summed E-state index contributed by atoms with van der Waals surface area (Å²) in [5.74, 6) is -0.0801. The van der Waals surface area contributed by atoms with Crippen LogP contribution in [0.5, 0.6) is 0 Å². The van der Waals surface area contributed by atoms with Crippen LogP contribution in [0.3, 0.4) is 0 Å². The fourth-order valence-corrected chi connectivity index (χ4v) is 3.43. The molecule has 0 fully saturated rings. The maximum Gasteiger partial charge on any atom is 0.242 e. The highest BCUT2D eigenvalue weighted by Crippen LogP contribution is 2.23. The average Bonchev–Trinajstić information content (AvgIpc) is 2.49. The molecule has 8 heteroatoms. The number of anilines is 1. The molecule has 138 valence electrons. The Morgan fingerprint density at radius 2 is 1.88 bits per heavy atom. The van der Waals surface area contributed by atoms with E-state index in [0.717, 1.165) is 0 Å². The highest BCUT2D eigenvalue weighted by molar-refractivity contribution is 7.89. The monoisotopic (exact) mass is 366 g/mol. The fourth-order valence-electron chi connectivity index (χ4n) is 1.97. The van der Waals surface area contributed by atoms with E-state index in [9.17, 15) is 13.2 Å². The van der Waals surface area contributed by atoms with Gasteiger partial charge in [0.1, 0.15) is 4.90 Å². The molecule has 1 aromatic rings. The number of rotatable bonds is 7. The summed E-state index contributed by atoms with van der Waals surface area (Å²) < 4.78 is 27.5. The molecule has 0 aromatic heterocycles. The maximum absolute atomic E-state index is 12.5. The van der Waals surface area contributed by atoms with Gasteiger partial charge in [-0.2, -0.15) is 5.26 Å². The van der Waals surface area contributed by atoms with Crippen LogP contribution in [0.25, 0.3) is 0 Å². The first-order valence-corrected chi connectivity index (χ1v) is 9.54. The molecule has 0 heterocycles. The Balaban J connectivity index is 2.90. The number of sulfonamides is 1. The van der Waals surface area contributed by atoms with Crippen molar-refractivity contribution in [2.75, 3.05) is 18.4 Å². The first-order chi connectivity index (χ1) is 11.5. The van der Waals surface area contributed by atoms with Crippen LogP contribution < -0.4 is 15.4 Å². The standard InChI is InChI=1S/C17H26N4O3S/c1-12(2)21-25(23,24)15-10-13(11-18)6-7-14(15)19-8-9-20-16(22)17(3,4)5/h6-7,10,12,19,21H,8-9H2,1-5H3,(H,20,22). The van der Waals surface area contributed by atoms with Crippen LogP contribution in [0.2, 0.25) is 0 Å². The molecule has 1 amide bonds. The zero-order chi connectivity index (χ0) is 19.3. The molecule has 1 aromatic carbocycles. The molecule has 7 nitrogen and oxygen atoms in total. The minimum absolute atomic E-state index is 0.0161. The topological polar surface area (TPSA) is 111 Å². The number of amides is 1. The lowest BCUT2D eigenvalue weighted by Crippen LogP contribution is -2.37.